The van der Waals surface area contributed by atoms with E-state index < -0.39 is 0 Å². The van der Waals surface area contributed by atoms with Gasteiger partial charge in [0, 0.05) is 19.3 Å². The van der Waals surface area contributed by atoms with Gasteiger partial charge in [0.25, 0.3) is 0 Å². The largest absolute Gasteiger partial charge is 0.334 e. The van der Waals surface area contributed by atoms with Crippen LogP contribution in [0.25, 0.3) is 0 Å². The van der Waals surface area contributed by atoms with E-state index in [2.05, 4.69) is 17.6 Å². The lowest BCUT2D eigenvalue weighted by Crippen LogP contribution is -2.42. The molecule has 3 amide bonds. The van der Waals surface area contributed by atoms with E-state index in [9.17, 15) is 9.59 Å². The van der Waals surface area contributed by atoms with Crippen molar-refractivity contribution in [3.63, 3.8) is 0 Å². The third kappa shape index (κ3) is 5.64. The minimum absolute atomic E-state index is 0.0498. The Morgan fingerprint density at radius 3 is 2.12 bits per heavy atom. The van der Waals surface area contributed by atoms with Crippen LogP contribution >= 0.6 is 0 Å². The number of carbonyl (C=O) groups excluding carboxylic acids is 2. The molecule has 2 N–H and O–H groups in total. The van der Waals surface area contributed by atoms with Crippen molar-refractivity contribution < 1.29 is 9.59 Å². The van der Waals surface area contributed by atoms with Crippen LogP contribution in [0.1, 0.15) is 23.6 Å². The van der Waals surface area contributed by atoms with E-state index in [1.54, 1.807) is 11.9 Å². The van der Waals surface area contributed by atoms with Crippen molar-refractivity contribution in [2.75, 3.05) is 18.5 Å². The maximum Gasteiger partial charge on any atom is 0.315 e. The van der Waals surface area contributed by atoms with Gasteiger partial charge in [-0.3, -0.25) is 4.79 Å². The Morgan fingerprint density at radius 2 is 1.52 bits per heavy atom. The van der Waals surface area contributed by atoms with Gasteiger partial charge in [-0.05, 0) is 36.6 Å². The van der Waals surface area contributed by atoms with Crippen LogP contribution in [-0.4, -0.2) is 25.5 Å². The van der Waals surface area contributed by atoms with Crippen LogP contribution < -0.4 is 15.5 Å². The van der Waals surface area contributed by atoms with Crippen molar-refractivity contribution in [2.24, 2.45) is 0 Å². The van der Waals surface area contributed by atoms with E-state index >= 15 is 0 Å². The Balaban J connectivity index is 1.77. The minimum Gasteiger partial charge on any atom is -0.334 e. The van der Waals surface area contributed by atoms with Gasteiger partial charge < -0.3 is 15.5 Å². The second-order valence-corrected chi connectivity index (χ2v) is 5.99. The van der Waals surface area contributed by atoms with Crippen molar-refractivity contribution in [3.8, 4) is 0 Å². The van der Waals surface area contributed by atoms with Crippen LogP contribution in [0.5, 0.6) is 0 Å². The molecule has 5 heteroatoms. The summed E-state index contributed by atoms with van der Waals surface area (Å²) in [6, 6.07) is 15.4. The molecule has 0 spiro atoms. The fraction of sp³-hybridized carbons (Fsp3) is 0.300. The number of aryl methyl sites for hydroxylation is 2. The van der Waals surface area contributed by atoms with Gasteiger partial charge in [0.15, 0.2) is 0 Å². The number of nitrogens with one attached hydrogen (secondary N) is 2. The zero-order valence-corrected chi connectivity index (χ0v) is 15.0. The first kappa shape index (κ1) is 18.5. The molecule has 2 rings (SSSR count). The molecule has 0 heterocycles. The molecule has 0 aliphatic heterocycles. The van der Waals surface area contributed by atoms with Crippen molar-refractivity contribution >= 4 is 17.6 Å². The maximum atomic E-state index is 12.2. The first-order valence-corrected chi connectivity index (χ1v) is 8.42. The van der Waals surface area contributed by atoms with E-state index in [1.165, 1.54) is 11.1 Å². The summed E-state index contributed by atoms with van der Waals surface area (Å²) >= 11 is 0. The lowest BCUT2D eigenvalue weighted by Gasteiger charge is -2.18. The molecule has 0 aliphatic carbocycles. The highest BCUT2D eigenvalue weighted by molar-refractivity contribution is 5.96. The van der Waals surface area contributed by atoms with Gasteiger partial charge in [-0.1, -0.05) is 48.9 Å². The van der Waals surface area contributed by atoms with E-state index in [4.69, 9.17) is 0 Å². The molecule has 2 aromatic carbocycles. The molecule has 0 bridgehead atoms. The Bertz CT molecular complexity index is 709. The molecule has 0 saturated heterocycles. The summed E-state index contributed by atoms with van der Waals surface area (Å²) in [5, 5.41) is 5.34. The van der Waals surface area contributed by atoms with E-state index in [1.807, 2.05) is 55.5 Å². The van der Waals surface area contributed by atoms with E-state index in [0.29, 0.717) is 6.54 Å². The molecule has 5 nitrogen and oxygen atoms in total. The second-order valence-electron chi connectivity index (χ2n) is 5.99. The fourth-order valence-corrected chi connectivity index (χ4v) is 2.32. The van der Waals surface area contributed by atoms with Gasteiger partial charge in [-0.25, -0.2) is 4.79 Å². The monoisotopic (exact) mass is 339 g/mol. The van der Waals surface area contributed by atoms with Crippen LogP contribution in [0, 0.1) is 6.92 Å². The lowest BCUT2D eigenvalue weighted by atomic mass is 10.1. The molecule has 0 aromatic heterocycles. The van der Waals surface area contributed by atoms with Gasteiger partial charge in [0.05, 0.1) is 6.54 Å². The molecule has 2 aromatic rings. The Kier molecular flexibility index (Phi) is 6.57. The molecule has 0 atom stereocenters. The third-order valence-electron chi connectivity index (χ3n) is 4.08. The molecule has 0 radical (unpaired) electrons. The number of benzene rings is 2. The van der Waals surface area contributed by atoms with E-state index in [-0.39, 0.29) is 18.5 Å². The maximum absolute atomic E-state index is 12.2. The van der Waals surface area contributed by atoms with Crippen LogP contribution in [0.2, 0.25) is 0 Å². The molecular formula is C20H25N3O2. The Hall–Kier alpha value is -2.82. The fourth-order valence-electron chi connectivity index (χ4n) is 2.32. The van der Waals surface area contributed by atoms with Crippen molar-refractivity contribution in [1.82, 2.24) is 10.6 Å². The standard InChI is InChI=1S/C20H25N3O2/c1-4-16-9-11-18(12-10-16)23(3)19(24)14-22-20(25)21-13-17-7-5-15(2)6-8-17/h5-12H,4,13-14H2,1-3H3,(H2,21,22,25). The van der Waals surface area contributed by atoms with Crippen LogP contribution in [0.4, 0.5) is 10.5 Å². The average Bonchev–Trinajstić information content (AvgIpc) is 2.65. The zero-order valence-electron chi connectivity index (χ0n) is 15.0. The predicted octanol–water partition coefficient (Wildman–Crippen LogP) is 3.02. The molecule has 132 valence electrons. The smallest absolute Gasteiger partial charge is 0.315 e. The summed E-state index contributed by atoms with van der Waals surface area (Å²) in [7, 11) is 1.70. The van der Waals surface area contributed by atoms with Crippen molar-refractivity contribution in [2.45, 2.75) is 26.8 Å². The van der Waals surface area contributed by atoms with Gasteiger partial charge in [0.1, 0.15) is 0 Å². The summed E-state index contributed by atoms with van der Waals surface area (Å²) in [6.45, 7) is 4.48. The number of urea groups is 1. The molecule has 0 unspecified atom stereocenters. The summed E-state index contributed by atoms with van der Waals surface area (Å²) in [6.07, 6.45) is 0.959. The SMILES string of the molecule is CCc1ccc(N(C)C(=O)CNC(=O)NCc2ccc(C)cc2)cc1. The lowest BCUT2D eigenvalue weighted by molar-refractivity contribution is -0.117. The van der Waals surface area contributed by atoms with Crippen molar-refractivity contribution in [1.29, 1.82) is 0 Å². The number of anilines is 1. The van der Waals surface area contributed by atoms with Crippen molar-refractivity contribution in [3.05, 3.63) is 65.2 Å². The summed E-state index contributed by atoms with van der Waals surface area (Å²) in [5.74, 6) is -0.172. The average molecular weight is 339 g/mol. The summed E-state index contributed by atoms with van der Waals surface area (Å²) < 4.78 is 0. The van der Waals surface area contributed by atoms with Gasteiger partial charge in [-0.15, -0.1) is 0 Å². The highest BCUT2D eigenvalue weighted by atomic mass is 16.2. The van der Waals surface area contributed by atoms with Gasteiger partial charge in [0.2, 0.25) is 5.91 Å². The van der Waals surface area contributed by atoms with Crippen LogP contribution in [-0.2, 0) is 17.8 Å². The molecular weight excluding hydrogens is 314 g/mol. The highest BCUT2D eigenvalue weighted by Crippen LogP contribution is 2.14. The normalized spacial score (nSPS) is 10.2. The number of rotatable bonds is 6. The second kappa shape index (κ2) is 8.87. The number of amides is 3. The first-order chi connectivity index (χ1) is 12.0. The molecule has 0 aliphatic rings. The number of carbonyl (C=O) groups is 2. The van der Waals surface area contributed by atoms with Crippen LogP contribution in [0.15, 0.2) is 48.5 Å². The first-order valence-electron chi connectivity index (χ1n) is 8.42. The molecule has 0 saturated carbocycles. The zero-order chi connectivity index (χ0) is 18.2. The number of hydrogen-bond donors (Lipinski definition) is 2. The molecule has 0 fully saturated rings. The minimum atomic E-state index is -0.358. The molecule has 25 heavy (non-hydrogen) atoms. The summed E-state index contributed by atoms with van der Waals surface area (Å²) in [4.78, 5) is 25.6. The predicted molar refractivity (Wildman–Crippen MR) is 101 cm³/mol. The van der Waals surface area contributed by atoms with Crippen LogP contribution in [0.3, 0.4) is 0 Å². The number of likely N-dealkylation sites (N-methyl/N-ethyl adjacent to an activating group) is 1. The number of nitrogens with zero attached hydrogens (tertiary/aromatic N) is 1. The quantitative estimate of drug-likeness (QED) is 0.850. The number of hydrogen-bond acceptors (Lipinski definition) is 2. The Labute approximate surface area is 149 Å². The third-order valence-corrected chi connectivity index (χ3v) is 4.08. The topological polar surface area (TPSA) is 61.4 Å². The highest BCUT2D eigenvalue weighted by Gasteiger charge is 2.12. The van der Waals surface area contributed by atoms with Gasteiger partial charge >= 0.3 is 6.03 Å². The summed E-state index contributed by atoms with van der Waals surface area (Å²) in [5.41, 5.74) is 4.22. The van der Waals surface area contributed by atoms with E-state index in [0.717, 1.165) is 17.7 Å². The van der Waals surface area contributed by atoms with Gasteiger partial charge in [-0.2, -0.15) is 0 Å². The Morgan fingerprint density at radius 1 is 0.920 bits per heavy atom.